The summed E-state index contributed by atoms with van der Waals surface area (Å²) in [6, 6.07) is 5.37. The predicted octanol–water partition coefficient (Wildman–Crippen LogP) is 1.85. The molecule has 0 radical (unpaired) electrons. The highest BCUT2D eigenvalue weighted by molar-refractivity contribution is 5.94. The van der Waals surface area contributed by atoms with Gasteiger partial charge in [0.05, 0.1) is 25.3 Å². The minimum absolute atomic E-state index is 0.358. The number of pyridine rings is 1. The number of carbonyl (C=O) groups is 1. The van der Waals surface area contributed by atoms with E-state index < -0.39 is 0 Å². The van der Waals surface area contributed by atoms with Gasteiger partial charge in [0.25, 0.3) is 0 Å². The van der Waals surface area contributed by atoms with E-state index >= 15 is 0 Å². The molecule has 0 atom stereocenters. The summed E-state index contributed by atoms with van der Waals surface area (Å²) in [7, 11) is 2.93. The summed E-state index contributed by atoms with van der Waals surface area (Å²) in [5, 5.41) is 0. The fourth-order valence-electron chi connectivity index (χ4n) is 1.85. The molecular weight excluding hydrogens is 220 g/mol. The molecule has 0 saturated carbocycles. The molecule has 0 aliphatic carbocycles. The van der Waals surface area contributed by atoms with Gasteiger partial charge in [-0.15, -0.1) is 0 Å². The van der Waals surface area contributed by atoms with Crippen molar-refractivity contribution >= 4 is 17.0 Å². The predicted molar refractivity (Wildman–Crippen MR) is 63.3 cm³/mol. The maximum atomic E-state index is 11.6. The third kappa shape index (κ3) is 1.84. The van der Waals surface area contributed by atoms with Crippen molar-refractivity contribution in [3.05, 3.63) is 23.9 Å². The smallest absolute Gasteiger partial charge is 0.354 e. The van der Waals surface area contributed by atoms with E-state index in [1.54, 1.807) is 19.2 Å². The summed E-state index contributed by atoms with van der Waals surface area (Å²) in [5.41, 5.74) is 2.13. The Morgan fingerprint density at radius 2 is 2.18 bits per heavy atom. The van der Waals surface area contributed by atoms with Crippen LogP contribution in [0.1, 0.15) is 17.4 Å². The first kappa shape index (κ1) is 11.4. The van der Waals surface area contributed by atoms with E-state index in [0.717, 1.165) is 11.0 Å². The molecule has 0 saturated heterocycles. The Hall–Kier alpha value is -2.04. The molecule has 0 amide bonds. The van der Waals surface area contributed by atoms with E-state index in [1.807, 2.05) is 17.6 Å². The molecule has 0 aliphatic rings. The average Bonchev–Trinajstić information content (AvgIpc) is 2.74. The first-order chi connectivity index (χ1) is 8.21. The SMILES string of the molecule is CCn1c(C(=O)OC)cc2nc(OC)ccc21. The lowest BCUT2D eigenvalue weighted by Gasteiger charge is -2.05. The zero-order valence-electron chi connectivity index (χ0n) is 10.1. The summed E-state index contributed by atoms with van der Waals surface area (Å²) in [6.45, 7) is 2.65. The van der Waals surface area contributed by atoms with Crippen LogP contribution in [0.15, 0.2) is 18.2 Å². The summed E-state index contributed by atoms with van der Waals surface area (Å²) >= 11 is 0. The molecule has 2 aromatic heterocycles. The number of ether oxygens (including phenoxy) is 2. The number of fused-ring (bicyclic) bond motifs is 1. The van der Waals surface area contributed by atoms with Gasteiger partial charge in [0.15, 0.2) is 0 Å². The van der Waals surface area contributed by atoms with Gasteiger partial charge in [-0.3, -0.25) is 0 Å². The minimum atomic E-state index is -0.358. The van der Waals surface area contributed by atoms with Gasteiger partial charge in [0.1, 0.15) is 5.69 Å². The van der Waals surface area contributed by atoms with Gasteiger partial charge in [-0.25, -0.2) is 9.78 Å². The number of hydrogen-bond acceptors (Lipinski definition) is 4. The third-order valence-corrected chi connectivity index (χ3v) is 2.65. The van der Waals surface area contributed by atoms with Crippen LogP contribution in [0.5, 0.6) is 5.88 Å². The number of carbonyl (C=O) groups excluding carboxylic acids is 1. The molecule has 0 bridgehead atoms. The number of aryl methyl sites for hydroxylation is 1. The van der Waals surface area contributed by atoms with Crippen molar-refractivity contribution in [3.63, 3.8) is 0 Å². The lowest BCUT2D eigenvalue weighted by molar-refractivity contribution is 0.0589. The second kappa shape index (κ2) is 4.45. The van der Waals surface area contributed by atoms with Crippen molar-refractivity contribution in [2.24, 2.45) is 0 Å². The third-order valence-electron chi connectivity index (χ3n) is 2.65. The number of aromatic nitrogens is 2. The molecular formula is C12H14N2O3. The summed E-state index contributed by atoms with van der Waals surface area (Å²) < 4.78 is 11.7. The molecule has 0 N–H and O–H groups in total. The van der Waals surface area contributed by atoms with E-state index in [2.05, 4.69) is 4.98 Å². The van der Waals surface area contributed by atoms with E-state index in [9.17, 15) is 4.79 Å². The van der Waals surface area contributed by atoms with E-state index in [4.69, 9.17) is 9.47 Å². The molecule has 2 rings (SSSR count). The minimum Gasteiger partial charge on any atom is -0.481 e. The molecule has 5 heteroatoms. The Labute approximate surface area is 99.0 Å². The number of esters is 1. The van der Waals surface area contributed by atoms with Gasteiger partial charge in [0.2, 0.25) is 5.88 Å². The van der Waals surface area contributed by atoms with Crippen LogP contribution >= 0.6 is 0 Å². The van der Waals surface area contributed by atoms with Crippen LogP contribution in [0.4, 0.5) is 0 Å². The Morgan fingerprint density at radius 3 is 2.76 bits per heavy atom. The van der Waals surface area contributed by atoms with Gasteiger partial charge >= 0.3 is 5.97 Å². The van der Waals surface area contributed by atoms with E-state index in [1.165, 1.54) is 7.11 Å². The highest BCUT2D eigenvalue weighted by Crippen LogP contribution is 2.21. The molecule has 0 aliphatic heterocycles. The zero-order valence-corrected chi connectivity index (χ0v) is 10.1. The first-order valence-electron chi connectivity index (χ1n) is 5.33. The monoisotopic (exact) mass is 234 g/mol. The van der Waals surface area contributed by atoms with Crippen LogP contribution < -0.4 is 4.74 Å². The van der Waals surface area contributed by atoms with Crippen molar-refractivity contribution in [2.75, 3.05) is 14.2 Å². The normalized spacial score (nSPS) is 10.5. The molecule has 0 aromatic carbocycles. The maximum Gasteiger partial charge on any atom is 0.354 e. The number of methoxy groups -OCH3 is 2. The number of nitrogens with zero attached hydrogens (tertiary/aromatic N) is 2. The Balaban J connectivity index is 2.65. The molecule has 2 heterocycles. The van der Waals surface area contributed by atoms with Crippen molar-refractivity contribution in [3.8, 4) is 5.88 Å². The maximum absolute atomic E-state index is 11.6. The molecule has 0 spiro atoms. The molecule has 0 fully saturated rings. The average molecular weight is 234 g/mol. The molecule has 2 aromatic rings. The lowest BCUT2D eigenvalue weighted by atomic mass is 10.3. The molecule has 17 heavy (non-hydrogen) atoms. The largest absolute Gasteiger partial charge is 0.481 e. The quantitative estimate of drug-likeness (QED) is 0.760. The fourth-order valence-corrected chi connectivity index (χ4v) is 1.85. The first-order valence-corrected chi connectivity index (χ1v) is 5.33. The Bertz CT molecular complexity index is 560. The lowest BCUT2D eigenvalue weighted by Crippen LogP contribution is -2.09. The van der Waals surface area contributed by atoms with Crippen LogP contribution in [0.25, 0.3) is 11.0 Å². The molecule has 0 unspecified atom stereocenters. The van der Waals surface area contributed by atoms with Gasteiger partial charge in [-0.05, 0) is 19.1 Å². The summed E-state index contributed by atoms with van der Waals surface area (Å²) in [6.07, 6.45) is 0. The van der Waals surface area contributed by atoms with Gasteiger partial charge in [-0.2, -0.15) is 0 Å². The Morgan fingerprint density at radius 1 is 1.41 bits per heavy atom. The second-order valence-corrected chi connectivity index (χ2v) is 3.52. The highest BCUT2D eigenvalue weighted by atomic mass is 16.5. The van der Waals surface area contributed by atoms with Crippen LogP contribution in [0.3, 0.4) is 0 Å². The van der Waals surface area contributed by atoms with Gasteiger partial charge < -0.3 is 14.0 Å². The standard InChI is InChI=1S/C12H14N2O3/c1-4-14-9-5-6-11(16-2)13-8(9)7-10(14)12(15)17-3/h5-7H,4H2,1-3H3. The van der Waals surface area contributed by atoms with Crippen molar-refractivity contribution in [1.29, 1.82) is 0 Å². The number of hydrogen-bond donors (Lipinski definition) is 0. The van der Waals surface area contributed by atoms with Crippen molar-refractivity contribution in [1.82, 2.24) is 9.55 Å². The molecule has 5 nitrogen and oxygen atoms in total. The van der Waals surface area contributed by atoms with Crippen LogP contribution in [-0.2, 0) is 11.3 Å². The van der Waals surface area contributed by atoms with Crippen LogP contribution in [0.2, 0.25) is 0 Å². The summed E-state index contributed by atoms with van der Waals surface area (Å²) in [5.74, 6) is 0.172. The second-order valence-electron chi connectivity index (χ2n) is 3.52. The fraction of sp³-hybridized carbons (Fsp3) is 0.333. The summed E-state index contributed by atoms with van der Waals surface area (Å²) in [4.78, 5) is 15.9. The highest BCUT2D eigenvalue weighted by Gasteiger charge is 2.16. The van der Waals surface area contributed by atoms with Crippen LogP contribution in [-0.4, -0.2) is 29.7 Å². The van der Waals surface area contributed by atoms with E-state index in [0.29, 0.717) is 18.1 Å². The Kier molecular flexibility index (Phi) is 2.99. The van der Waals surface area contributed by atoms with Gasteiger partial charge in [0, 0.05) is 12.6 Å². The zero-order chi connectivity index (χ0) is 12.4. The topological polar surface area (TPSA) is 53.4 Å². The van der Waals surface area contributed by atoms with Crippen molar-refractivity contribution < 1.29 is 14.3 Å². The van der Waals surface area contributed by atoms with Crippen molar-refractivity contribution in [2.45, 2.75) is 13.5 Å². The van der Waals surface area contributed by atoms with E-state index in [-0.39, 0.29) is 5.97 Å². The molecule has 90 valence electrons. The van der Waals surface area contributed by atoms with Gasteiger partial charge in [-0.1, -0.05) is 0 Å². The number of rotatable bonds is 3. The van der Waals surface area contributed by atoms with Crippen LogP contribution in [0, 0.1) is 0 Å².